The van der Waals surface area contributed by atoms with Gasteiger partial charge in [-0.2, -0.15) is 0 Å². The summed E-state index contributed by atoms with van der Waals surface area (Å²) in [5.41, 5.74) is 0. The van der Waals surface area contributed by atoms with Gasteiger partial charge in [-0.1, -0.05) is 0 Å². The van der Waals surface area contributed by atoms with E-state index in [1.807, 2.05) is 6.07 Å². The molecule has 0 aromatic carbocycles. The number of rotatable bonds is 4. The molecule has 2 rings (SSSR count). The van der Waals surface area contributed by atoms with E-state index in [-0.39, 0.29) is 12.7 Å². The van der Waals surface area contributed by atoms with Crippen LogP contribution in [0.4, 0.5) is 0 Å². The Hall–Kier alpha value is -0.840. The fraction of sp³-hybridized carbons (Fsp3) is 0.600. The maximum Gasteiger partial charge on any atom is 0.129 e. The highest BCUT2D eigenvalue weighted by Crippen LogP contribution is 2.20. The predicted octanol–water partition coefficient (Wildman–Crippen LogP) is 0.385. The summed E-state index contributed by atoms with van der Waals surface area (Å²) in [7, 11) is 0. The monoisotopic (exact) mass is 197 g/mol. The molecule has 0 aliphatic heterocycles. The number of hydrogen-bond donors (Lipinski definition) is 3. The third-order valence-electron chi connectivity index (χ3n) is 2.55. The van der Waals surface area contributed by atoms with Gasteiger partial charge in [0.1, 0.15) is 18.1 Å². The van der Waals surface area contributed by atoms with Gasteiger partial charge in [0.15, 0.2) is 0 Å². The largest absolute Gasteiger partial charge is 0.462 e. The maximum atomic E-state index is 9.06. The molecule has 1 aromatic heterocycles. The van der Waals surface area contributed by atoms with Crippen molar-refractivity contribution < 1.29 is 14.6 Å². The Morgan fingerprint density at radius 3 is 2.64 bits per heavy atom. The average Bonchev–Trinajstić information content (AvgIpc) is 2.58. The summed E-state index contributed by atoms with van der Waals surface area (Å²) in [6, 6.07) is 4.04. The van der Waals surface area contributed by atoms with Crippen LogP contribution in [-0.4, -0.2) is 22.4 Å². The Morgan fingerprint density at radius 1 is 1.36 bits per heavy atom. The molecule has 1 heterocycles. The molecule has 1 aliphatic rings. The minimum atomic E-state index is -0.128. The van der Waals surface area contributed by atoms with Gasteiger partial charge in [-0.05, 0) is 25.0 Å². The van der Waals surface area contributed by atoms with Crippen LogP contribution in [0, 0.1) is 0 Å². The summed E-state index contributed by atoms with van der Waals surface area (Å²) >= 11 is 0. The molecule has 78 valence electrons. The quantitative estimate of drug-likeness (QED) is 0.653. The maximum absolute atomic E-state index is 9.06. The van der Waals surface area contributed by atoms with Gasteiger partial charge in [0, 0.05) is 6.04 Å². The van der Waals surface area contributed by atoms with Crippen molar-refractivity contribution in [2.45, 2.75) is 38.1 Å². The number of hydrogen-bond acceptors (Lipinski definition) is 4. The summed E-state index contributed by atoms with van der Waals surface area (Å²) in [6.07, 6.45) is 1.53. The Bertz CT molecular complexity index is 291. The van der Waals surface area contributed by atoms with Crippen LogP contribution in [0.25, 0.3) is 0 Å². The van der Waals surface area contributed by atoms with Crippen molar-refractivity contribution in [3.05, 3.63) is 23.7 Å². The van der Waals surface area contributed by atoms with Crippen LogP contribution in [0.1, 0.15) is 24.4 Å². The van der Waals surface area contributed by atoms with Gasteiger partial charge in [-0.15, -0.1) is 0 Å². The van der Waals surface area contributed by atoms with Crippen molar-refractivity contribution in [3.63, 3.8) is 0 Å². The fourth-order valence-corrected chi connectivity index (χ4v) is 1.60. The number of aliphatic hydroxyl groups is 2. The van der Waals surface area contributed by atoms with Gasteiger partial charge in [0.05, 0.1) is 12.6 Å². The second-order valence-corrected chi connectivity index (χ2v) is 3.73. The summed E-state index contributed by atoms with van der Waals surface area (Å²) in [6.45, 7) is 0.611. The number of nitrogens with one attached hydrogen (secondary N) is 1. The van der Waals surface area contributed by atoms with Gasteiger partial charge in [0.2, 0.25) is 0 Å². The molecule has 1 aliphatic carbocycles. The Morgan fingerprint density at radius 2 is 2.07 bits per heavy atom. The smallest absolute Gasteiger partial charge is 0.129 e. The van der Waals surface area contributed by atoms with E-state index in [4.69, 9.17) is 14.6 Å². The first-order valence-corrected chi connectivity index (χ1v) is 4.88. The highest BCUT2D eigenvalue weighted by Gasteiger charge is 2.26. The zero-order valence-electron chi connectivity index (χ0n) is 7.94. The molecule has 14 heavy (non-hydrogen) atoms. The molecule has 0 atom stereocenters. The fourth-order valence-electron chi connectivity index (χ4n) is 1.60. The van der Waals surface area contributed by atoms with Gasteiger partial charge in [0.25, 0.3) is 0 Å². The molecule has 0 unspecified atom stereocenters. The van der Waals surface area contributed by atoms with Gasteiger partial charge < -0.3 is 19.9 Å². The van der Waals surface area contributed by atoms with Crippen molar-refractivity contribution in [2.75, 3.05) is 0 Å². The summed E-state index contributed by atoms with van der Waals surface area (Å²) in [5, 5.41) is 21.1. The van der Waals surface area contributed by atoms with Crippen LogP contribution >= 0.6 is 0 Å². The lowest BCUT2D eigenvalue weighted by atomic mass is 9.89. The molecule has 0 radical (unpaired) electrons. The number of furan rings is 1. The average molecular weight is 197 g/mol. The zero-order chi connectivity index (χ0) is 9.97. The second kappa shape index (κ2) is 4.13. The molecule has 1 fully saturated rings. The predicted molar refractivity (Wildman–Crippen MR) is 50.5 cm³/mol. The summed E-state index contributed by atoms with van der Waals surface area (Å²) in [5.74, 6) is 1.42. The van der Waals surface area contributed by atoms with E-state index in [0.717, 1.165) is 18.6 Å². The lowest BCUT2D eigenvalue weighted by Crippen LogP contribution is -2.43. The molecule has 1 saturated carbocycles. The minimum absolute atomic E-state index is 0.0534. The van der Waals surface area contributed by atoms with Crippen molar-refractivity contribution >= 4 is 0 Å². The van der Waals surface area contributed by atoms with Crippen LogP contribution in [0.2, 0.25) is 0 Å². The van der Waals surface area contributed by atoms with Crippen molar-refractivity contribution in [3.8, 4) is 0 Å². The summed E-state index contributed by atoms with van der Waals surface area (Å²) in [4.78, 5) is 0. The highest BCUT2D eigenvalue weighted by atomic mass is 16.4. The van der Waals surface area contributed by atoms with Gasteiger partial charge in [-0.3, -0.25) is 0 Å². The van der Waals surface area contributed by atoms with E-state index in [1.54, 1.807) is 6.07 Å². The minimum Gasteiger partial charge on any atom is -0.462 e. The van der Waals surface area contributed by atoms with E-state index in [1.165, 1.54) is 0 Å². The van der Waals surface area contributed by atoms with Crippen LogP contribution < -0.4 is 5.32 Å². The lowest BCUT2D eigenvalue weighted by molar-refractivity contribution is 0.0611. The molecular formula is C10H15NO3. The highest BCUT2D eigenvalue weighted by molar-refractivity contribution is 5.06. The van der Waals surface area contributed by atoms with Crippen LogP contribution in [0.15, 0.2) is 16.5 Å². The lowest BCUT2D eigenvalue weighted by Gasteiger charge is -2.31. The molecule has 1 aromatic rings. The second-order valence-electron chi connectivity index (χ2n) is 3.73. The van der Waals surface area contributed by atoms with E-state index in [9.17, 15) is 0 Å². The SMILES string of the molecule is OCc1ccc(CNC2CC(O)C2)o1. The first-order valence-electron chi connectivity index (χ1n) is 4.88. The van der Waals surface area contributed by atoms with E-state index in [0.29, 0.717) is 18.3 Å². The van der Waals surface area contributed by atoms with E-state index < -0.39 is 0 Å². The normalized spacial score (nSPS) is 26.1. The topological polar surface area (TPSA) is 65.6 Å². The number of aliphatic hydroxyl groups excluding tert-OH is 2. The Labute approximate surface area is 82.5 Å². The molecule has 0 amide bonds. The molecule has 4 nitrogen and oxygen atoms in total. The Kier molecular flexibility index (Phi) is 2.86. The molecule has 3 N–H and O–H groups in total. The molecule has 4 heteroatoms. The van der Waals surface area contributed by atoms with Gasteiger partial charge in [-0.25, -0.2) is 0 Å². The first kappa shape index (κ1) is 9.71. The Balaban J connectivity index is 1.75. The van der Waals surface area contributed by atoms with Crippen molar-refractivity contribution in [2.24, 2.45) is 0 Å². The van der Waals surface area contributed by atoms with Crippen LogP contribution in [-0.2, 0) is 13.2 Å². The third-order valence-corrected chi connectivity index (χ3v) is 2.55. The van der Waals surface area contributed by atoms with E-state index >= 15 is 0 Å². The molecule has 0 bridgehead atoms. The first-order chi connectivity index (χ1) is 6.78. The van der Waals surface area contributed by atoms with Crippen molar-refractivity contribution in [1.29, 1.82) is 0 Å². The van der Waals surface area contributed by atoms with E-state index in [2.05, 4.69) is 5.32 Å². The zero-order valence-corrected chi connectivity index (χ0v) is 7.94. The van der Waals surface area contributed by atoms with Crippen LogP contribution in [0.3, 0.4) is 0 Å². The summed E-state index contributed by atoms with van der Waals surface area (Å²) < 4.78 is 5.30. The molecular weight excluding hydrogens is 182 g/mol. The third kappa shape index (κ3) is 2.15. The molecule has 0 spiro atoms. The van der Waals surface area contributed by atoms with Gasteiger partial charge >= 0.3 is 0 Å². The van der Waals surface area contributed by atoms with Crippen molar-refractivity contribution in [1.82, 2.24) is 5.32 Å². The van der Waals surface area contributed by atoms with Crippen LogP contribution in [0.5, 0.6) is 0 Å². The molecule has 0 saturated heterocycles. The standard InChI is InChI=1S/C10H15NO3/c12-6-10-2-1-9(14-10)5-11-7-3-8(13)4-7/h1-2,7-8,11-13H,3-6H2.